The molecule has 2 heterocycles. The Labute approximate surface area is 120 Å². The van der Waals surface area contributed by atoms with Crippen LogP contribution in [0.5, 0.6) is 5.75 Å². The van der Waals surface area contributed by atoms with Crippen LogP contribution in [0.3, 0.4) is 0 Å². The van der Waals surface area contributed by atoms with Gasteiger partial charge in [0, 0.05) is 26.1 Å². The standard InChI is InChI=1S/C16H22N2O2/c1-12(16(19)18-7-2-3-8-18)17-11-13-4-5-15-14(10-13)6-9-20-15/h4-5,10,12,17H,2-3,6-9,11H2,1H3. The van der Waals surface area contributed by atoms with Gasteiger partial charge in [-0.3, -0.25) is 4.79 Å². The smallest absolute Gasteiger partial charge is 0.239 e. The van der Waals surface area contributed by atoms with E-state index in [9.17, 15) is 4.79 Å². The second-order valence-corrected chi connectivity index (χ2v) is 5.68. The summed E-state index contributed by atoms with van der Waals surface area (Å²) in [5.74, 6) is 1.24. The van der Waals surface area contributed by atoms with E-state index in [1.165, 1.54) is 11.1 Å². The minimum atomic E-state index is -0.113. The van der Waals surface area contributed by atoms with Crippen LogP contribution in [0.4, 0.5) is 0 Å². The van der Waals surface area contributed by atoms with Gasteiger partial charge >= 0.3 is 0 Å². The number of nitrogens with zero attached hydrogens (tertiary/aromatic N) is 1. The van der Waals surface area contributed by atoms with Crippen molar-refractivity contribution in [2.45, 2.75) is 38.8 Å². The zero-order valence-corrected chi connectivity index (χ0v) is 12.0. The third-order valence-corrected chi connectivity index (χ3v) is 4.15. The van der Waals surface area contributed by atoms with Gasteiger partial charge in [-0.05, 0) is 37.0 Å². The molecule has 1 aromatic rings. The number of hydrogen-bond donors (Lipinski definition) is 1. The molecule has 1 N–H and O–H groups in total. The van der Waals surface area contributed by atoms with Gasteiger partial charge < -0.3 is 15.0 Å². The Hall–Kier alpha value is -1.55. The van der Waals surface area contributed by atoms with E-state index >= 15 is 0 Å². The normalized spacial score (nSPS) is 18.8. The first-order chi connectivity index (χ1) is 9.74. The summed E-state index contributed by atoms with van der Waals surface area (Å²) in [6.07, 6.45) is 3.28. The molecule has 1 aromatic carbocycles. The number of carbonyl (C=O) groups excluding carboxylic acids is 1. The Morgan fingerprint density at radius 1 is 1.40 bits per heavy atom. The molecule has 0 spiro atoms. The van der Waals surface area contributed by atoms with Gasteiger partial charge in [-0.1, -0.05) is 12.1 Å². The number of fused-ring (bicyclic) bond motifs is 1. The summed E-state index contributed by atoms with van der Waals surface area (Å²) in [6.45, 7) is 5.31. The fraction of sp³-hybridized carbons (Fsp3) is 0.562. The van der Waals surface area contributed by atoms with Crippen LogP contribution in [0, 0.1) is 0 Å². The predicted molar refractivity (Wildman–Crippen MR) is 77.8 cm³/mol. The highest BCUT2D eigenvalue weighted by molar-refractivity contribution is 5.81. The second-order valence-electron chi connectivity index (χ2n) is 5.68. The van der Waals surface area contributed by atoms with E-state index in [0.717, 1.165) is 51.3 Å². The number of hydrogen-bond acceptors (Lipinski definition) is 3. The Balaban J connectivity index is 1.54. The number of likely N-dealkylation sites (tertiary alicyclic amines) is 1. The van der Waals surface area contributed by atoms with Gasteiger partial charge in [0.1, 0.15) is 5.75 Å². The molecule has 1 atom stereocenters. The molecule has 20 heavy (non-hydrogen) atoms. The number of benzene rings is 1. The molecule has 1 fully saturated rings. The molecule has 3 rings (SSSR count). The number of ether oxygens (including phenoxy) is 1. The van der Waals surface area contributed by atoms with E-state index in [4.69, 9.17) is 4.74 Å². The molecule has 0 aromatic heterocycles. The molecule has 2 aliphatic rings. The number of carbonyl (C=O) groups is 1. The van der Waals surface area contributed by atoms with E-state index in [-0.39, 0.29) is 11.9 Å². The summed E-state index contributed by atoms with van der Waals surface area (Å²) in [5.41, 5.74) is 2.50. The summed E-state index contributed by atoms with van der Waals surface area (Å²) in [4.78, 5) is 14.2. The average Bonchev–Trinajstić information content (AvgIpc) is 3.13. The van der Waals surface area contributed by atoms with E-state index < -0.39 is 0 Å². The van der Waals surface area contributed by atoms with Crippen molar-refractivity contribution in [3.8, 4) is 5.75 Å². The Kier molecular flexibility index (Phi) is 3.92. The first kappa shape index (κ1) is 13.4. The van der Waals surface area contributed by atoms with Crippen molar-refractivity contribution < 1.29 is 9.53 Å². The van der Waals surface area contributed by atoms with Crippen molar-refractivity contribution in [1.82, 2.24) is 10.2 Å². The van der Waals surface area contributed by atoms with Crippen LogP contribution in [0.15, 0.2) is 18.2 Å². The van der Waals surface area contributed by atoms with Crippen LogP contribution in [-0.4, -0.2) is 36.5 Å². The van der Waals surface area contributed by atoms with Crippen LogP contribution in [-0.2, 0) is 17.8 Å². The fourth-order valence-corrected chi connectivity index (χ4v) is 2.92. The Morgan fingerprint density at radius 3 is 3.00 bits per heavy atom. The van der Waals surface area contributed by atoms with Gasteiger partial charge in [0.15, 0.2) is 0 Å². The van der Waals surface area contributed by atoms with Crippen LogP contribution >= 0.6 is 0 Å². The maximum Gasteiger partial charge on any atom is 0.239 e. The minimum absolute atomic E-state index is 0.113. The topological polar surface area (TPSA) is 41.6 Å². The van der Waals surface area contributed by atoms with Crippen molar-refractivity contribution in [1.29, 1.82) is 0 Å². The largest absolute Gasteiger partial charge is 0.493 e. The molecule has 1 unspecified atom stereocenters. The van der Waals surface area contributed by atoms with Crippen LogP contribution in [0.25, 0.3) is 0 Å². The maximum absolute atomic E-state index is 12.2. The molecule has 4 heteroatoms. The van der Waals surface area contributed by atoms with Crippen molar-refractivity contribution >= 4 is 5.91 Å². The second kappa shape index (κ2) is 5.83. The van der Waals surface area contributed by atoms with Gasteiger partial charge in [0.05, 0.1) is 12.6 Å². The highest BCUT2D eigenvalue weighted by Crippen LogP contribution is 2.25. The molecule has 0 aliphatic carbocycles. The molecule has 108 valence electrons. The van der Waals surface area contributed by atoms with Crippen molar-refractivity contribution in [3.05, 3.63) is 29.3 Å². The average molecular weight is 274 g/mol. The van der Waals surface area contributed by atoms with E-state index in [2.05, 4.69) is 17.4 Å². The monoisotopic (exact) mass is 274 g/mol. The molecule has 1 amide bonds. The lowest BCUT2D eigenvalue weighted by Crippen LogP contribution is -2.43. The molecular weight excluding hydrogens is 252 g/mol. The van der Waals surface area contributed by atoms with Gasteiger partial charge in [-0.2, -0.15) is 0 Å². The third-order valence-electron chi connectivity index (χ3n) is 4.15. The van der Waals surface area contributed by atoms with Gasteiger partial charge in [-0.15, -0.1) is 0 Å². The molecule has 4 nitrogen and oxygen atoms in total. The number of amides is 1. The molecule has 0 radical (unpaired) electrons. The summed E-state index contributed by atoms with van der Waals surface area (Å²) in [5, 5.41) is 3.33. The maximum atomic E-state index is 12.2. The predicted octanol–water partition coefficient (Wildman–Crippen LogP) is 1.72. The Bertz CT molecular complexity index is 495. The quantitative estimate of drug-likeness (QED) is 0.909. The highest BCUT2D eigenvalue weighted by Gasteiger charge is 2.22. The molecule has 2 aliphatic heterocycles. The lowest BCUT2D eigenvalue weighted by atomic mass is 10.1. The zero-order chi connectivity index (χ0) is 13.9. The first-order valence-corrected chi connectivity index (χ1v) is 7.51. The van der Waals surface area contributed by atoms with Crippen LogP contribution < -0.4 is 10.1 Å². The molecule has 0 saturated carbocycles. The number of rotatable bonds is 4. The summed E-state index contributed by atoms with van der Waals surface area (Å²) < 4.78 is 5.50. The summed E-state index contributed by atoms with van der Waals surface area (Å²) in [7, 11) is 0. The third kappa shape index (κ3) is 2.80. The molecule has 0 bridgehead atoms. The SMILES string of the molecule is CC(NCc1ccc2c(c1)CCO2)C(=O)N1CCCC1. The minimum Gasteiger partial charge on any atom is -0.493 e. The lowest BCUT2D eigenvalue weighted by Gasteiger charge is -2.21. The zero-order valence-electron chi connectivity index (χ0n) is 12.0. The van der Waals surface area contributed by atoms with Gasteiger partial charge in [0.2, 0.25) is 5.91 Å². The Morgan fingerprint density at radius 2 is 2.20 bits per heavy atom. The number of nitrogens with one attached hydrogen (secondary N) is 1. The summed E-state index contributed by atoms with van der Waals surface area (Å²) in [6, 6.07) is 6.18. The lowest BCUT2D eigenvalue weighted by molar-refractivity contribution is -0.131. The van der Waals surface area contributed by atoms with E-state index in [1.54, 1.807) is 0 Å². The van der Waals surface area contributed by atoms with Crippen molar-refractivity contribution in [2.75, 3.05) is 19.7 Å². The van der Waals surface area contributed by atoms with Gasteiger partial charge in [-0.25, -0.2) is 0 Å². The van der Waals surface area contributed by atoms with Crippen LogP contribution in [0.2, 0.25) is 0 Å². The first-order valence-electron chi connectivity index (χ1n) is 7.51. The van der Waals surface area contributed by atoms with Crippen molar-refractivity contribution in [2.24, 2.45) is 0 Å². The van der Waals surface area contributed by atoms with Crippen molar-refractivity contribution in [3.63, 3.8) is 0 Å². The van der Waals surface area contributed by atoms with E-state index in [1.807, 2.05) is 17.9 Å². The fourth-order valence-electron chi connectivity index (χ4n) is 2.92. The highest BCUT2D eigenvalue weighted by atomic mass is 16.5. The van der Waals surface area contributed by atoms with Gasteiger partial charge in [0.25, 0.3) is 0 Å². The molecule has 1 saturated heterocycles. The molecular formula is C16H22N2O2. The summed E-state index contributed by atoms with van der Waals surface area (Å²) >= 11 is 0. The van der Waals surface area contributed by atoms with E-state index in [0.29, 0.717) is 0 Å². The van der Waals surface area contributed by atoms with Crippen LogP contribution in [0.1, 0.15) is 30.9 Å².